The van der Waals surface area contributed by atoms with Crippen LogP contribution in [0.1, 0.15) is 12.0 Å². The van der Waals surface area contributed by atoms with Crippen molar-refractivity contribution < 1.29 is 5.21 Å². The Bertz CT molecular complexity index is 582. The van der Waals surface area contributed by atoms with Crippen molar-refractivity contribution in [1.82, 2.24) is 9.88 Å². The summed E-state index contributed by atoms with van der Waals surface area (Å²) in [5.74, 6) is 0.259. The van der Waals surface area contributed by atoms with E-state index in [1.54, 1.807) is 6.20 Å². The molecule has 0 atom stereocenters. The maximum atomic E-state index is 8.49. The quantitative estimate of drug-likeness (QED) is 0.371. The van der Waals surface area contributed by atoms with E-state index in [1.807, 2.05) is 19.2 Å². The lowest BCUT2D eigenvalue weighted by molar-refractivity contribution is 0.309. The molecule has 5 nitrogen and oxygen atoms in total. The summed E-state index contributed by atoms with van der Waals surface area (Å²) in [4.78, 5) is 6.43. The molecule has 2 rings (SSSR count). The lowest BCUT2D eigenvalue weighted by Gasteiger charge is -2.16. The number of hydrogen-bond donors (Lipinski definition) is 2. The molecule has 0 aliphatic heterocycles. The molecular weight excluding hydrogens is 240 g/mol. The van der Waals surface area contributed by atoms with Crippen molar-refractivity contribution in [2.45, 2.75) is 13.0 Å². The Hall–Kier alpha value is -2.14. The van der Waals surface area contributed by atoms with Crippen molar-refractivity contribution >= 4 is 16.7 Å². The normalized spacial score (nSPS) is 12.2. The molecule has 0 bridgehead atoms. The van der Waals surface area contributed by atoms with Gasteiger partial charge in [-0.25, -0.2) is 0 Å². The van der Waals surface area contributed by atoms with E-state index in [1.165, 1.54) is 5.56 Å². The third-order valence-corrected chi connectivity index (χ3v) is 3.00. The fraction of sp³-hybridized carbons (Fsp3) is 0.286. The van der Waals surface area contributed by atoms with Crippen LogP contribution >= 0.6 is 0 Å². The molecule has 0 saturated carbocycles. The van der Waals surface area contributed by atoms with Gasteiger partial charge in [0, 0.05) is 31.1 Å². The van der Waals surface area contributed by atoms with Crippen LogP contribution < -0.4 is 5.73 Å². The standard InChI is InChI=1S/C14H18N4O/c1-18(8-6-14(15)17-19)10-11-4-5-13-12(9-11)3-2-7-16-13/h2-5,7,9,19H,6,8,10H2,1H3,(H2,15,17). The molecule has 0 saturated heterocycles. The van der Waals surface area contributed by atoms with Gasteiger partial charge in [0.05, 0.1) is 5.52 Å². The molecule has 0 aliphatic rings. The molecule has 0 radical (unpaired) electrons. The average Bonchev–Trinajstić information content (AvgIpc) is 2.44. The van der Waals surface area contributed by atoms with Gasteiger partial charge in [-0.15, -0.1) is 0 Å². The zero-order valence-corrected chi connectivity index (χ0v) is 11.0. The second-order valence-corrected chi connectivity index (χ2v) is 4.61. The number of hydrogen-bond acceptors (Lipinski definition) is 4. The largest absolute Gasteiger partial charge is 0.409 e. The van der Waals surface area contributed by atoms with Crippen molar-refractivity contribution in [3.8, 4) is 0 Å². The molecule has 5 heteroatoms. The highest BCUT2D eigenvalue weighted by molar-refractivity contribution is 5.80. The van der Waals surface area contributed by atoms with Gasteiger partial charge in [-0.05, 0) is 30.8 Å². The van der Waals surface area contributed by atoms with Crippen LogP contribution in [0.3, 0.4) is 0 Å². The fourth-order valence-electron chi connectivity index (χ4n) is 1.97. The average molecular weight is 258 g/mol. The van der Waals surface area contributed by atoms with E-state index in [2.05, 4.69) is 33.2 Å². The van der Waals surface area contributed by atoms with Crippen LogP contribution in [0.4, 0.5) is 0 Å². The highest BCUT2D eigenvalue weighted by atomic mass is 16.4. The van der Waals surface area contributed by atoms with Gasteiger partial charge in [-0.1, -0.05) is 17.3 Å². The third kappa shape index (κ3) is 3.66. The van der Waals surface area contributed by atoms with Crippen molar-refractivity contribution in [3.63, 3.8) is 0 Å². The van der Waals surface area contributed by atoms with Crippen LogP contribution in [0.2, 0.25) is 0 Å². The Morgan fingerprint density at radius 1 is 1.42 bits per heavy atom. The van der Waals surface area contributed by atoms with Gasteiger partial charge < -0.3 is 15.8 Å². The number of pyridine rings is 1. The van der Waals surface area contributed by atoms with Gasteiger partial charge in [-0.3, -0.25) is 4.98 Å². The molecule has 2 aromatic rings. The van der Waals surface area contributed by atoms with Crippen LogP contribution in [0.25, 0.3) is 10.9 Å². The van der Waals surface area contributed by atoms with Gasteiger partial charge >= 0.3 is 0 Å². The third-order valence-electron chi connectivity index (χ3n) is 3.00. The van der Waals surface area contributed by atoms with Crippen molar-refractivity contribution in [2.24, 2.45) is 10.9 Å². The summed E-state index contributed by atoms with van der Waals surface area (Å²) in [6.45, 7) is 1.57. The van der Waals surface area contributed by atoms with E-state index in [4.69, 9.17) is 10.9 Å². The monoisotopic (exact) mass is 258 g/mol. The molecule has 0 fully saturated rings. The predicted octanol–water partition coefficient (Wildman–Crippen LogP) is 1.80. The van der Waals surface area contributed by atoms with E-state index < -0.39 is 0 Å². The van der Waals surface area contributed by atoms with Gasteiger partial charge in [-0.2, -0.15) is 0 Å². The summed E-state index contributed by atoms with van der Waals surface area (Å²) in [7, 11) is 2.01. The van der Waals surface area contributed by atoms with Crippen LogP contribution in [-0.4, -0.2) is 34.5 Å². The fourth-order valence-corrected chi connectivity index (χ4v) is 1.97. The van der Waals surface area contributed by atoms with Gasteiger partial charge in [0.2, 0.25) is 0 Å². The van der Waals surface area contributed by atoms with E-state index in [-0.39, 0.29) is 5.84 Å². The van der Waals surface area contributed by atoms with E-state index >= 15 is 0 Å². The predicted molar refractivity (Wildman–Crippen MR) is 76.1 cm³/mol. The summed E-state index contributed by atoms with van der Waals surface area (Å²) in [6, 6.07) is 10.2. The summed E-state index contributed by atoms with van der Waals surface area (Å²) in [5, 5.41) is 12.6. The van der Waals surface area contributed by atoms with Crippen LogP contribution in [0.15, 0.2) is 41.7 Å². The first-order chi connectivity index (χ1) is 9.19. The maximum Gasteiger partial charge on any atom is 0.140 e. The first-order valence-electron chi connectivity index (χ1n) is 6.17. The zero-order valence-electron chi connectivity index (χ0n) is 11.0. The topological polar surface area (TPSA) is 74.7 Å². The number of benzene rings is 1. The molecule has 100 valence electrons. The highest BCUT2D eigenvalue weighted by Crippen LogP contribution is 2.14. The van der Waals surface area contributed by atoms with E-state index in [0.29, 0.717) is 6.42 Å². The van der Waals surface area contributed by atoms with Crippen molar-refractivity contribution in [3.05, 3.63) is 42.1 Å². The number of rotatable bonds is 5. The van der Waals surface area contributed by atoms with E-state index in [9.17, 15) is 0 Å². The van der Waals surface area contributed by atoms with E-state index in [0.717, 1.165) is 24.0 Å². The number of nitrogens with two attached hydrogens (primary N) is 1. The summed E-state index contributed by atoms with van der Waals surface area (Å²) >= 11 is 0. The molecule has 3 N–H and O–H groups in total. The second kappa shape index (κ2) is 6.15. The zero-order chi connectivity index (χ0) is 13.7. The summed E-state index contributed by atoms with van der Waals surface area (Å²) in [5.41, 5.74) is 7.68. The maximum absolute atomic E-state index is 8.49. The SMILES string of the molecule is CN(CC/C(N)=N/O)Cc1ccc2ncccc2c1. The Kier molecular flexibility index (Phi) is 4.30. The van der Waals surface area contributed by atoms with Gasteiger partial charge in [0.15, 0.2) is 0 Å². The Labute approximate surface area is 112 Å². The lowest BCUT2D eigenvalue weighted by atomic mass is 10.1. The number of oxime groups is 1. The Morgan fingerprint density at radius 2 is 2.26 bits per heavy atom. The number of aromatic nitrogens is 1. The Balaban J connectivity index is 2.00. The van der Waals surface area contributed by atoms with Gasteiger partial charge in [0.1, 0.15) is 5.84 Å². The minimum Gasteiger partial charge on any atom is -0.409 e. The highest BCUT2D eigenvalue weighted by Gasteiger charge is 2.03. The molecule has 1 heterocycles. The van der Waals surface area contributed by atoms with Crippen LogP contribution in [-0.2, 0) is 6.54 Å². The summed E-state index contributed by atoms with van der Waals surface area (Å²) < 4.78 is 0. The van der Waals surface area contributed by atoms with Crippen molar-refractivity contribution in [2.75, 3.05) is 13.6 Å². The van der Waals surface area contributed by atoms with Crippen LogP contribution in [0.5, 0.6) is 0 Å². The molecular formula is C14H18N4O. The smallest absolute Gasteiger partial charge is 0.140 e. The first-order valence-corrected chi connectivity index (χ1v) is 6.17. The van der Waals surface area contributed by atoms with Crippen LogP contribution in [0, 0.1) is 0 Å². The molecule has 1 aromatic heterocycles. The number of amidine groups is 1. The second-order valence-electron chi connectivity index (χ2n) is 4.61. The molecule has 19 heavy (non-hydrogen) atoms. The Morgan fingerprint density at radius 3 is 3.05 bits per heavy atom. The minimum atomic E-state index is 0.259. The number of fused-ring (bicyclic) bond motifs is 1. The summed E-state index contributed by atoms with van der Waals surface area (Å²) in [6.07, 6.45) is 2.35. The van der Waals surface area contributed by atoms with Crippen molar-refractivity contribution in [1.29, 1.82) is 0 Å². The molecule has 0 aliphatic carbocycles. The molecule has 1 aromatic carbocycles. The van der Waals surface area contributed by atoms with Gasteiger partial charge in [0.25, 0.3) is 0 Å². The molecule has 0 spiro atoms. The molecule has 0 amide bonds. The first kappa shape index (κ1) is 13.3. The number of nitrogens with zero attached hydrogens (tertiary/aromatic N) is 3. The molecule has 0 unspecified atom stereocenters. The lowest BCUT2D eigenvalue weighted by Crippen LogP contribution is -2.24. The minimum absolute atomic E-state index is 0.259.